The summed E-state index contributed by atoms with van der Waals surface area (Å²) in [7, 11) is 1.58. The maximum Gasteiger partial charge on any atom is 0.176 e. The van der Waals surface area contributed by atoms with Crippen LogP contribution in [0.3, 0.4) is 0 Å². The molecule has 3 unspecified atom stereocenters. The van der Waals surface area contributed by atoms with Gasteiger partial charge in [0.15, 0.2) is 29.2 Å². The number of H-pyrrole nitrogens is 1. The first kappa shape index (κ1) is 39.8. The summed E-state index contributed by atoms with van der Waals surface area (Å²) in [6.45, 7) is 3.89. The number of Topliss-reactive ketones (excluding diaryl/α,β-unsaturated/α-hetero) is 1. The average molecular weight is 768 g/mol. The Balaban J connectivity index is 1.16. The summed E-state index contributed by atoms with van der Waals surface area (Å²) < 4.78 is 12.2. The lowest BCUT2D eigenvalue weighted by molar-refractivity contribution is -0.125. The topological polar surface area (TPSA) is 124 Å². The fourth-order valence-electron chi connectivity index (χ4n) is 8.77. The van der Waals surface area contributed by atoms with E-state index in [4.69, 9.17) is 9.47 Å². The van der Waals surface area contributed by atoms with Crippen molar-refractivity contribution in [3.8, 4) is 23.0 Å². The molecule has 4 N–H and O–H groups in total. The van der Waals surface area contributed by atoms with E-state index in [-0.39, 0.29) is 35.7 Å². The predicted molar refractivity (Wildman–Crippen MR) is 226 cm³/mol. The number of allylic oxidation sites excluding steroid dienone is 1. The molecule has 57 heavy (non-hydrogen) atoms. The smallest absolute Gasteiger partial charge is 0.176 e. The number of hydrogen-bond acceptors (Lipinski definition) is 7. The number of aliphatic hydroxyl groups is 1. The average Bonchev–Trinajstić information content (AvgIpc) is 3.95. The normalized spacial score (nSPS) is 15.9. The molecule has 1 saturated carbocycles. The van der Waals surface area contributed by atoms with E-state index in [0.29, 0.717) is 43.6 Å². The van der Waals surface area contributed by atoms with Crippen LogP contribution in [0.2, 0.25) is 0 Å². The monoisotopic (exact) mass is 767 g/mol. The number of aliphatic hydroxyl groups excluding tert-OH is 1. The highest BCUT2D eigenvalue weighted by atomic mass is 16.5. The third-order valence-electron chi connectivity index (χ3n) is 11.9. The van der Waals surface area contributed by atoms with Gasteiger partial charge in [0.2, 0.25) is 0 Å². The van der Waals surface area contributed by atoms with E-state index >= 15 is 0 Å². The van der Waals surface area contributed by atoms with Gasteiger partial charge in [-0.15, -0.1) is 4.99 Å². The van der Waals surface area contributed by atoms with Crippen LogP contribution in [0.5, 0.6) is 23.0 Å². The molecule has 7 rings (SSSR count). The Morgan fingerprint density at radius 2 is 1.70 bits per heavy atom. The second kappa shape index (κ2) is 18.6. The zero-order valence-corrected chi connectivity index (χ0v) is 33.1. The summed E-state index contributed by atoms with van der Waals surface area (Å²) in [5.74, 6) is 0.288. The Hall–Kier alpha value is -5.47. The Bertz CT molecular complexity index is 2200. The molecule has 8 heteroatoms. The molecule has 296 valence electrons. The van der Waals surface area contributed by atoms with E-state index in [2.05, 4.69) is 47.2 Å². The minimum atomic E-state index is -0.950. The quantitative estimate of drug-likeness (QED) is 0.0659. The van der Waals surface area contributed by atoms with Crippen molar-refractivity contribution in [1.82, 2.24) is 4.98 Å². The molecule has 5 aromatic rings. The third-order valence-corrected chi connectivity index (χ3v) is 11.9. The summed E-state index contributed by atoms with van der Waals surface area (Å²) >= 11 is 0. The first-order chi connectivity index (χ1) is 27.8. The highest BCUT2D eigenvalue weighted by Gasteiger charge is 2.31. The SMILES string of the molecule is CCc1ccc2ccccc2c1Cc1c(CC(Cc2cc[nH]c2)C(O)CC(=O)C(CC2=C[CH+]N=C2)Cc2ccc(O)c(OC3CCCCC3)c2)ccc(O)c1OC. The van der Waals surface area contributed by atoms with Crippen molar-refractivity contribution in [3.63, 3.8) is 0 Å². The van der Waals surface area contributed by atoms with Crippen molar-refractivity contribution < 1.29 is 29.6 Å². The molecular formula is C49H55N2O6+. The number of carbonyl (C=O) groups is 1. The summed E-state index contributed by atoms with van der Waals surface area (Å²) in [4.78, 5) is 21.8. The molecule has 1 fully saturated rings. The number of fused-ring (bicyclic) bond motifs is 1. The van der Waals surface area contributed by atoms with Crippen molar-refractivity contribution in [1.29, 1.82) is 0 Å². The number of benzene rings is 4. The number of nitrogens with zero attached hydrogens (tertiary/aromatic N) is 1. The van der Waals surface area contributed by atoms with Crippen LogP contribution in [-0.4, -0.2) is 51.6 Å². The number of aryl methyl sites for hydroxylation is 1. The van der Waals surface area contributed by atoms with Gasteiger partial charge in [0, 0.05) is 43.1 Å². The second-order valence-electron chi connectivity index (χ2n) is 15.8. The van der Waals surface area contributed by atoms with Crippen LogP contribution in [0, 0.1) is 18.4 Å². The molecule has 8 nitrogen and oxygen atoms in total. The van der Waals surface area contributed by atoms with Gasteiger partial charge in [0.25, 0.3) is 0 Å². The molecule has 2 aliphatic rings. The number of phenols is 2. The van der Waals surface area contributed by atoms with Gasteiger partial charge in [-0.3, -0.25) is 4.79 Å². The number of methoxy groups -OCH3 is 1. The molecule has 0 bridgehead atoms. The molecular weight excluding hydrogens is 713 g/mol. The van der Waals surface area contributed by atoms with Crippen LogP contribution >= 0.6 is 0 Å². The maximum absolute atomic E-state index is 14.4. The number of ether oxygens (including phenoxy) is 2. The van der Waals surface area contributed by atoms with Crippen LogP contribution in [0.25, 0.3) is 10.8 Å². The maximum atomic E-state index is 14.4. The fraction of sp³-hybridized carbons (Fsp3) is 0.367. The van der Waals surface area contributed by atoms with Gasteiger partial charge >= 0.3 is 0 Å². The molecule has 3 atom stereocenters. The molecule has 0 amide bonds. The minimum absolute atomic E-state index is 0.0226. The Kier molecular flexibility index (Phi) is 13.0. The molecule has 2 heterocycles. The lowest BCUT2D eigenvalue weighted by atomic mass is 9.81. The standard InChI is InChI=1S/C49H54N2O6/c1-3-35-14-15-36-9-7-8-12-41(36)42(35)28-43-37(16-18-45(53)49(43)56-2)27-39(25-34-20-22-51-31-34)47(55)29-46(54)38(24-33-19-21-50-30-33)23-32-13-17-44(52)48(26-32)57-40-10-5-4-6-11-40/h7-9,12-22,26,30-31,38-40,47,51,55H,3-6,10-11,23-25,27-29H2,1-2H3,(H-,52,53)/p+1. The van der Waals surface area contributed by atoms with Crippen LogP contribution < -0.4 is 9.47 Å². The lowest BCUT2D eigenvalue weighted by Gasteiger charge is -2.26. The van der Waals surface area contributed by atoms with Crippen LogP contribution in [0.1, 0.15) is 85.3 Å². The molecule has 0 radical (unpaired) electrons. The van der Waals surface area contributed by atoms with Crippen molar-refractivity contribution in [2.24, 2.45) is 16.8 Å². The number of carbonyl (C=O) groups excluding carboxylic acids is 1. The minimum Gasteiger partial charge on any atom is -0.504 e. The van der Waals surface area contributed by atoms with Crippen LogP contribution in [0.4, 0.5) is 0 Å². The molecule has 1 aliphatic heterocycles. The van der Waals surface area contributed by atoms with Crippen LogP contribution in [-0.2, 0) is 36.9 Å². The van der Waals surface area contributed by atoms with Gasteiger partial charge in [0.05, 0.1) is 25.4 Å². The van der Waals surface area contributed by atoms with Crippen molar-refractivity contribution in [2.75, 3.05) is 7.11 Å². The van der Waals surface area contributed by atoms with Crippen molar-refractivity contribution in [3.05, 3.63) is 137 Å². The van der Waals surface area contributed by atoms with Gasteiger partial charge < -0.3 is 29.8 Å². The zero-order valence-electron chi connectivity index (χ0n) is 33.1. The van der Waals surface area contributed by atoms with Gasteiger partial charge in [-0.1, -0.05) is 61.9 Å². The Morgan fingerprint density at radius 3 is 2.46 bits per heavy atom. The largest absolute Gasteiger partial charge is 0.504 e. The first-order valence-electron chi connectivity index (χ1n) is 20.5. The predicted octanol–water partition coefficient (Wildman–Crippen LogP) is 9.60. The highest BCUT2D eigenvalue weighted by Crippen LogP contribution is 2.39. The van der Waals surface area contributed by atoms with Crippen LogP contribution in [0.15, 0.2) is 102 Å². The summed E-state index contributed by atoms with van der Waals surface area (Å²) in [6.07, 6.45) is 15.4. The van der Waals surface area contributed by atoms with Gasteiger partial charge in [-0.05, 0) is 120 Å². The van der Waals surface area contributed by atoms with E-state index in [0.717, 1.165) is 70.7 Å². The van der Waals surface area contributed by atoms with E-state index in [9.17, 15) is 20.1 Å². The van der Waals surface area contributed by atoms with E-state index in [1.165, 1.54) is 17.5 Å². The van der Waals surface area contributed by atoms with Gasteiger partial charge in [-0.25, -0.2) is 0 Å². The second-order valence-corrected chi connectivity index (χ2v) is 15.8. The first-order valence-corrected chi connectivity index (χ1v) is 20.5. The third kappa shape index (κ3) is 9.74. The number of ketones is 1. The van der Waals surface area contributed by atoms with E-state index < -0.39 is 12.0 Å². The Morgan fingerprint density at radius 1 is 0.895 bits per heavy atom. The van der Waals surface area contributed by atoms with Crippen molar-refractivity contribution >= 4 is 22.8 Å². The van der Waals surface area contributed by atoms with Gasteiger partial charge in [-0.2, -0.15) is 0 Å². The lowest BCUT2D eigenvalue weighted by Crippen LogP contribution is -2.31. The summed E-state index contributed by atoms with van der Waals surface area (Å²) in [5, 5.41) is 36.2. The highest BCUT2D eigenvalue weighted by molar-refractivity contribution is 5.88. The number of rotatable bonds is 18. The number of aromatic nitrogens is 1. The summed E-state index contributed by atoms with van der Waals surface area (Å²) in [5.41, 5.74) is 7.15. The molecule has 1 aliphatic carbocycles. The molecule has 1 aromatic heterocycles. The Labute approximate surface area is 336 Å². The molecule has 4 aromatic carbocycles. The summed E-state index contributed by atoms with van der Waals surface area (Å²) in [6, 6.07) is 23.7. The number of aromatic hydroxyl groups is 2. The van der Waals surface area contributed by atoms with E-state index in [1.54, 1.807) is 32.0 Å². The van der Waals surface area contributed by atoms with E-state index in [1.807, 2.05) is 48.8 Å². The number of phenolic OH excluding ortho intramolecular Hbond substituents is 2. The number of aliphatic imine (C=N–C) groups is 1. The number of aromatic amines is 1. The van der Waals surface area contributed by atoms with Gasteiger partial charge in [0.1, 0.15) is 17.9 Å². The molecule has 0 spiro atoms. The zero-order chi connectivity index (χ0) is 39.7. The van der Waals surface area contributed by atoms with Crippen molar-refractivity contribution in [2.45, 2.75) is 96.2 Å². The fourth-order valence-corrected chi connectivity index (χ4v) is 8.77. The number of hydrogen-bond donors (Lipinski definition) is 4. The molecule has 0 saturated heterocycles. The number of nitrogens with one attached hydrogen (secondary N) is 1.